The molecule has 1 aromatic rings. The highest BCUT2D eigenvalue weighted by Gasteiger charge is 2.21. The summed E-state index contributed by atoms with van der Waals surface area (Å²) in [5.74, 6) is 0.813. The molecule has 1 rings (SSSR count). The van der Waals surface area contributed by atoms with Crippen molar-refractivity contribution in [1.29, 1.82) is 0 Å². The van der Waals surface area contributed by atoms with E-state index < -0.39 is 5.97 Å². The highest BCUT2D eigenvalue weighted by atomic mass is 32.2. The number of thioether (sulfide) groups is 1. The van der Waals surface area contributed by atoms with E-state index in [-0.39, 0.29) is 11.2 Å². The van der Waals surface area contributed by atoms with Crippen LogP contribution in [0, 0.1) is 5.92 Å². The van der Waals surface area contributed by atoms with E-state index in [9.17, 15) is 4.79 Å². The zero-order valence-corrected chi connectivity index (χ0v) is 9.08. The molecule has 0 aliphatic carbocycles. The minimum Gasteiger partial charge on any atom is -0.480 e. The van der Waals surface area contributed by atoms with Crippen molar-refractivity contribution in [3.05, 3.63) is 24.2 Å². The average Bonchev–Trinajstić information content (AvgIpc) is 2.55. The Morgan fingerprint density at radius 3 is 2.79 bits per heavy atom. The van der Waals surface area contributed by atoms with E-state index in [4.69, 9.17) is 9.52 Å². The molecular weight excluding hydrogens is 200 g/mol. The monoisotopic (exact) mass is 214 g/mol. The fourth-order valence-corrected chi connectivity index (χ4v) is 2.15. The first-order valence-electron chi connectivity index (χ1n) is 4.48. The Hall–Kier alpha value is -0.900. The van der Waals surface area contributed by atoms with Crippen LogP contribution in [0.25, 0.3) is 0 Å². The molecule has 0 aromatic carbocycles. The van der Waals surface area contributed by atoms with Gasteiger partial charge in [0.1, 0.15) is 11.0 Å². The van der Waals surface area contributed by atoms with Gasteiger partial charge in [-0.05, 0) is 18.1 Å². The number of furan rings is 1. The molecule has 0 aliphatic heterocycles. The van der Waals surface area contributed by atoms with Gasteiger partial charge in [-0.25, -0.2) is 0 Å². The third-order valence-corrected chi connectivity index (χ3v) is 3.39. The summed E-state index contributed by atoms with van der Waals surface area (Å²) in [6.45, 7) is 3.82. The molecular formula is C10H14O3S. The van der Waals surface area contributed by atoms with Crippen LogP contribution in [-0.4, -0.2) is 16.3 Å². The number of rotatable bonds is 5. The molecule has 3 nitrogen and oxygen atoms in total. The Kier molecular flexibility index (Phi) is 4.07. The summed E-state index contributed by atoms with van der Waals surface area (Å²) < 4.78 is 5.13. The van der Waals surface area contributed by atoms with Gasteiger partial charge in [0.25, 0.3) is 0 Å². The molecule has 0 saturated heterocycles. The van der Waals surface area contributed by atoms with Crippen molar-refractivity contribution in [2.24, 2.45) is 5.92 Å². The second-order valence-electron chi connectivity index (χ2n) is 3.39. The maximum Gasteiger partial charge on any atom is 0.316 e. The first-order chi connectivity index (χ1) is 6.61. The van der Waals surface area contributed by atoms with E-state index >= 15 is 0 Å². The highest BCUT2D eigenvalue weighted by molar-refractivity contribution is 7.99. The Labute approximate surface area is 87.5 Å². The van der Waals surface area contributed by atoms with Gasteiger partial charge < -0.3 is 9.52 Å². The first-order valence-corrected chi connectivity index (χ1v) is 5.53. The van der Waals surface area contributed by atoms with Gasteiger partial charge in [-0.2, -0.15) is 0 Å². The lowest BCUT2D eigenvalue weighted by molar-refractivity contribution is -0.137. The van der Waals surface area contributed by atoms with Crippen LogP contribution in [0.15, 0.2) is 22.8 Å². The second kappa shape index (κ2) is 5.10. The van der Waals surface area contributed by atoms with Gasteiger partial charge in [0, 0.05) is 0 Å². The minimum absolute atomic E-state index is 0.132. The van der Waals surface area contributed by atoms with E-state index in [1.807, 2.05) is 19.9 Å². The molecule has 1 aromatic heterocycles. The molecule has 1 unspecified atom stereocenters. The topological polar surface area (TPSA) is 50.4 Å². The molecule has 0 aliphatic rings. The average molecular weight is 214 g/mol. The summed E-state index contributed by atoms with van der Waals surface area (Å²) >= 11 is 1.40. The molecule has 0 bridgehead atoms. The van der Waals surface area contributed by atoms with Crippen LogP contribution in [0.2, 0.25) is 0 Å². The van der Waals surface area contributed by atoms with Crippen LogP contribution >= 0.6 is 11.8 Å². The van der Waals surface area contributed by atoms with Gasteiger partial charge in [0.15, 0.2) is 0 Å². The predicted octanol–water partition coefficient (Wildman–Crippen LogP) is 2.62. The van der Waals surface area contributed by atoms with Crippen molar-refractivity contribution in [2.75, 3.05) is 0 Å². The van der Waals surface area contributed by atoms with Crippen molar-refractivity contribution in [2.45, 2.75) is 24.9 Å². The SMILES string of the molecule is CC(C)C(SCc1ccco1)C(=O)O. The molecule has 1 heterocycles. The molecule has 0 fully saturated rings. The summed E-state index contributed by atoms with van der Waals surface area (Å²) in [6.07, 6.45) is 1.60. The molecule has 0 amide bonds. The Morgan fingerprint density at radius 2 is 2.36 bits per heavy atom. The molecule has 1 atom stereocenters. The normalized spacial score (nSPS) is 13.1. The second-order valence-corrected chi connectivity index (χ2v) is 4.52. The number of carboxylic acid groups (broad SMARTS) is 1. The van der Waals surface area contributed by atoms with Gasteiger partial charge in [-0.3, -0.25) is 4.79 Å². The lowest BCUT2D eigenvalue weighted by atomic mass is 10.1. The van der Waals surface area contributed by atoms with Crippen LogP contribution in [0.1, 0.15) is 19.6 Å². The fraction of sp³-hybridized carbons (Fsp3) is 0.500. The molecule has 0 radical (unpaired) electrons. The van der Waals surface area contributed by atoms with Crippen LogP contribution in [0.4, 0.5) is 0 Å². The van der Waals surface area contributed by atoms with Gasteiger partial charge in [-0.1, -0.05) is 13.8 Å². The third-order valence-electron chi connectivity index (χ3n) is 1.83. The minimum atomic E-state index is -0.753. The van der Waals surface area contributed by atoms with Crippen molar-refractivity contribution >= 4 is 17.7 Å². The summed E-state index contributed by atoms with van der Waals surface area (Å²) in [6, 6.07) is 3.66. The fourth-order valence-electron chi connectivity index (χ4n) is 1.12. The van der Waals surface area contributed by atoms with Crippen LogP contribution < -0.4 is 0 Å². The first kappa shape index (κ1) is 11.2. The summed E-state index contributed by atoms with van der Waals surface area (Å²) in [5.41, 5.74) is 0. The van der Waals surface area contributed by atoms with E-state index in [0.29, 0.717) is 5.75 Å². The number of hydrogen-bond donors (Lipinski definition) is 1. The van der Waals surface area contributed by atoms with Gasteiger partial charge in [0.05, 0.1) is 12.0 Å². The van der Waals surface area contributed by atoms with Gasteiger partial charge in [-0.15, -0.1) is 11.8 Å². The largest absolute Gasteiger partial charge is 0.480 e. The van der Waals surface area contributed by atoms with Gasteiger partial charge in [0.2, 0.25) is 0 Å². The van der Waals surface area contributed by atoms with Gasteiger partial charge >= 0.3 is 5.97 Å². The van der Waals surface area contributed by atoms with E-state index in [0.717, 1.165) is 5.76 Å². The molecule has 14 heavy (non-hydrogen) atoms. The van der Waals surface area contributed by atoms with E-state index in [2.05, 4.69) is 0 Å². The Bertz CT molecular complexity index is 280. The standard InChI is InChI=1S/C10H14O3S/c1-7(2)9(10(11)12)14-6-8-4-3-5-13-8/h3-5,7,9H,6H2,1-2H3,(H,11,12). The molecule has 4 heteroatoms. The molecule has 0 saturated carbocycles. The van der Waals surface area contributed by atoms with Crippen LogP contribution in [0.3, 0.4) is 0 Å². The smallest absolute Gasteiger partial charge is 0.316 e. The predicted molar refractivity (Wildman–Crippen MR) is 56.3 cm³/mol. The number of aliphatic carboxylic acids is 1. The Balaban J connectivity index is 2.45. The van der Waals surface area contributed by atoms with Crippen LogP contribution in [-0.2, 0) is 10.5 Å². The zero-order chi connectivity index (χ0) is 10.6. The molecule has 1 N–H and O–H groups in total. The summed E-state index contributed by atoms with van der Waals surface area (Å²) in [5, 5.41) is 8.56. The maximum atomic E-state index is 10.8. The van der Waals surface area contributed by atoms with Crippen molar-refractivity contribution in [3.63, 3.8) is 0 Å². The highest BCUT2D eigenvalue weighted by Crippen LogP contribution is 2.23. The quantitative estimate of drug-likeness (QED) is 0.818. The molecule has 78 valence electrons. The number of hydrogen-bond acceptors (Lipinski definition) is 3. The number of carboxylic acids is 1. The van der Waals surface area contributed by atoms with Crippen LogP contribution in [0.5, 0.6) is 0 Å². The molecule has 0 spiro atoms. The lowest BCUT2D eigenvalue weighted by Gasteiger charge is -2.14. The van der Waals surface area contributed by atoms with Crippen molar-refractivity contribution in [1.82, 2.24) is 0 Å². The summed E-state index contributed by atoms with van der Waals surface area (Å²) in [7, 11) is 0. The van der Waals surface area contributed by atoms with E-state index in [1.165, 1.54) is 11.8 Å². The van der Waals surface area contributed by atoms with Crippen molar-refractivity contribution < 1.29 is 14.3 Å². The lowest BCUT2D eigenvalue weighted by Crippen LogP contribution is -2.22. The summed E-state index contributed by atoms with van der Waals surface area (Å²) in [4.78, 5) is 10.8. The third kappa shape index (κ3) is 3.10. The number of carbonyl (C=O) groups is 1. The maximum absolute atomic E-state index is 10.8. The van der Waals surface area contributed by atoms with E-state index in [1.54, 1.807) is 12.3 Å². The zero-order valence-electron chi connectivity index (χ0n) is 8.27. The van der Waals surface area contributed by atoms with Crippen molar-refractivity contribution in [3.8, 4) is 0 Å². The Morgan fingerprint density at radius 1 is 1.64 bits per heavy atom.